The van der Waals surface area contributed by atoms with Gasteiger partial charge in [-0.2, -0.15) is 0 Å². The third-order valence-electron chi connectivity index (χ3n) is 2.94. The Labute approximate surface area is 117 Å². The van der Waals surface area contributed by atoms with Crippen molar-refractivity contribution >= 4 is 0 Å². The van der Waals surface area contributed by atoms with E-state index in [2.05, 4.69) is 11.9 Å². The number of rotatable bonds is 7. The highest BCUT2D eigenvalue weighted by Gasteiger charge is 2.09. The molecule has 1 N–H and O–H groups in total. The van der Waals surface area contributed by atoms with E-state index < -0.39 is 6.10 Å². The van der Waals surface area contributed by atoms with Gasteiger partial charge in [-0.25, -0.2) is 9.37 Å². The highest BCUT2D eigenvalue weighted by molar-refractivity contribution is 5.22. The maximum absolute atomic E-state index is 12.7. The number of aryl methyl sites for hydroxylation is 1. The number of hydrogen-bond acceptors (Lipinski definition) is 3. The quantitative estimate of drug-likeness (QED) is 0.846. The van der Waals surface area contributed by atoms with E-state index in [0.29, 0.717) is 12.3 Å². The molecule has 0 fully saturated rings. The van der Waals surface area contributed by atoms with Crippen molar-refractivity contribution in [1.82, 2.24) is 9.55 Å². The van der Waals surface area contributed by atoms with Crippen molar-refractivity contribution in [1.29, 1.82) is 0 Å². The van der Waals surface area contributed by atoms with E-state index in [-0.39, 0.29) is 12.4 Å². The summed E-state index contributed by atoms with van der Waals surface area (Å²) >= 11 is 0. The van der Waals surface area contributed by atoms with Crippen LogP contribution in [-0.4, -0.2) is 27.4 Å². The molecule has 0 radical (unpaired) electrons. The molecule has 0 amide bonds. The fourth-order valence-corrected chi connectivity index (χ4v) is 1.96. The molecule has 1 unspecified atom stereocenters. The third-order valence-corrected chi connectivity index (χ3v) is 2.94. The largest absolute Gasteiger partial charge is 0.491 e. The molecule has 20 heavy (non-hydrogen) atoms. The predicted molar refractivity (Wildman–Crippen MR) is 74.1 cm³/mol. The zero-order valence-electron chi connectivity index (χ0n) is 11.5. The fraction of sp³-hybridized carbons (Fsp3) is 0.400. The Hall–Kier alpha value is -1.88. The van der Waals surface area contributed by atoms with Crippen LogP contribution >= 0.6 is 0 Å². The van der Waals surface area contributed by atoms with Crippen LogP contribution in [-0.2, 0) is 13.0 Å². The minimum Gasteiger partial charge on any atom is -0.491 e. The summed E-state index contributed by atoms with van der Waals surface area (Å²) in [5.74, 6) is 1.21. The summed E-state index contributed by atoms with van der Waals surface area (Å²) < 4.78 is 20.1. The van der Waals surface area contributed by atoms with Gasteiger partial charge in [0.1, 0.15) is 30.1 Å². The van der Waals surface area contributed by atoms with E-state index in [1.165, 1.54) is 12.1 Å². The molecule has 0 aliphatic carbocycles. The van der Waals surface area contributed by atoms with Gasteiger partial charge in [0.25, 0.3) is 0 Å². The van der Waals surface area contributed by atoms with Crippen molar-refractivity contribution in [3.05, 3.63) is 48.3 Å². The molecule has 2 rings (SSSR count). The molecule has 1 atom stereocenters. The highest BCUT2D eigenvalue weighted by atomic mass is 19.1. The standard InChI is InChI=1S/C15H19FN2O2/c1-2-3-15-17-8-9-18(15)10-13(19)11-20-14-6-4-12(16)5-7-14/h4-9,13,19H,2-3,10-11H2,1H3. The number of aromatic nitrogens is 2. The maximum atomic E-state index is 12.7. The van der Waals surface area contributed by atoms with Crippen molar-refractivity contribution in [3.8, 4) is 5.75 Å². The monoisotopic (exact) mass is 278 g/mol. The average Bonchev–Trinajstić information content (AvgIpc) is 2.86. The predicted octanol–water partition coefficient (Wildman–Crippen LogP) is 2.41. The molecule has 0 bridgehead atoms. The van der Waals surface area contributed by atoms with Gasteiger partial charge >= 0.3 is 0 Å². The lowest BCUT2D eigenvalue weighted by Gasteiger charge is -2.14. The van der Waals surface area contributed by atoms with Crippen molar-refractivity contribution < 1.29 is 14.2 Å². The number of hydrogen-bond donors (Lipinski definition) is 1. The van der Waals surface area contributed by atoms with Crippen molar-refractivity contribution in [2.45, 2.75) is 32.4 Å². The van der Waals surface area contributed by atoms with Crippen LogP contribution in [0.3, 0.4) is 0 Å². The molecule has 1 aromatic heterocycles. The first-order valence-electron chi connectivity index (χ1n) is 6.75. The van der Waals surface area contributed by atoms with Gasteiger partial charge in [0, 0.05) is 18.8 Å². The van der Waals surface area contributed by atoms with Gasteiger partial charge in [-0.1, -0.05) is 6.92 Å². The third kappa shape index (κ3) is 4.06. The van der Waals surface area contributed by atoms with E-state index in [1.807, 2.05) is 10.8 Å². The molecular weight excluding hydrogens is 259 g/mol. The summed E-state index contributed by atoms with van der Waals surface area (Å²) in [7, 11) is 0. The maximum Gasteiger partial charge on any atom is 0.123 e. The average molecular weight is 278 g/mol. The van der Waals surface area contributed by atoms with Crippen LogP contribution in [0.25, 0.3) is 0 Å². The zero-order chi connectivity index (χ0) is 14.4. The van der Waals surface area contributed by atoms with Gasteiger partial charge in [0.15, 0.2) is 0 Å². The first-order chi connectivity index (χ1) is 9.69. The van der Waals surface area contributed by atoms with Crippen LogP contribution in [0.2, 0.25) is 0 Å². The molecule has 0 saturated heterocycles. The van der Waals surface area contributed by atoms with Crippen LogP contribution in [0.15, 0.2) is 36.7 Å². The normalized spacial score (nSPS) is 12.3. The molecule has 4 nitrogen and oxygen atoms in total. The van der Waals surface area contributed by atoms with Gasteiger partial charge < -0.3 is 14.4 Å². The molecule has 2 aromatic rings. The second-order valence-electron chi connectivity index (χ2n) is 4.66. The van der Waals surface area contributed by atoms with Gasteiger partial charge in [-0.3, -0.25) is 0 Å². The molecule has 108 valence electrons. The van der Waals surface area contributed by atoms with Crippen molar-refractivity contribution in [2.75, 3.05) is 6.61 Å². The van der Waals surface area contributed by atoms with Crippen molar-refractivity contribution in [2.24, 2.45) is 0 Å². The Balaban J connectivity index is 1.84. The molecule has 0 aliphatic heterocycles. The van der Waals surface area contributed by atoms with E-state index >= 15 is 0 Å². The van der Waals surface area contributed by atoms with Crippen LogP contribution in [0.4, 0.5) is 4.39 Å². The highest BCUT2D eigenvalue weighted by Crippen LogP contribution is 2.12. The number of benzene rings is 1. The molecule has 1 heterocycles. The number of aliphatic hydroxyl groups excluding tert-OH is 1. The Morgan fingerprint density at radius 2 is 2.10 bits per heavy atom. The van der Waals surface area contributed by atoms with E-state index in [9.17, 15) is 9.50 Å². The summed E-state index contributed by atoms with van der Waals surface area (Å²) in [4.78, 5) is 4.26. The smallest absolute Gasteiger partial charge is 0.123 e. The summed E-state index contributed by atoms with van der Waals surface area (Å²) in [6, 6.07) is 5.75. The van der Waals surface area contributed by atoms with Gasteiger partial charge in [0.05, 0.1) is 6.54 Å². The van der Waals surface area contributed by atoms with Crippen LogP contribution in [0, 0.1) is 5.82 Å². The summed E-state index contributed by atoms with van der Waals surface area (Å²) in [6.07, 6.45) is 4.85. The van der Waals surface area contributed by atoms with Gasteiger partial charge in [-0.15, -0.1) is 0 Å². The number of nitrogens with zero attached hydrogens (tertiary/aromatic N) is 2. The Morgan fingerprint density at radius 3 is 2.80 bits per heavy atom. The molecule has 0 aliphatic rings. The number of aliphatic hydroxyl groups is 1. The second-order valence-corrected chi connectivity index (χ2v) is 4.66. The minimum absolute atomic E-state index is 0.162. The lowest BCUT2D eigenvalue weighted by molar-refractivity contribution is 0.0917. The molecule has 1 aromatic carbocycles. The Kier molecular flexibility index (Phi) is 5.12. The van der Waals surface area contributed by atoms with Gasteiger partial charge in [0.2, 0.25) is 0 Å². The molecule has 5 heteroatoms. The van der Waals surface area contributed by atoms with E-state index in [4.69, 9.17) is 4.74 Å². The number of imidazole rings is 1. The lowest BCUT2D eigenvalue weighted by atomic mass is 10.3. The van der Waals surface area contributed by atoms with Crippen LogP contribution in [0.1, 0.15) is 19.2 Å². The molecular formula is C15H19FN2O2. The SMILES string of the molecule is CCCc1nccn1CC(O)COc1ccc(F)cc1. The first kappa shape index (κ1) is 14.5. The summed E-state index contributed by atoms with van der Waals surface area (Å²) in [5.41, 5.74) is 0. The zero-order valence-corrected chi connectivity index (χ0v) is 11.5. The topological polar surface area (TPSA) is 47.3 Å². The Morgan fingerprint density at radius 1 is 1.35 bits per heavy atom. The van der Waals surface area contributed by atoms with Crippen molar-refractivity contribution in [3.63, 3.8) is 0 Å². The lowest BCUT2D eigenvalue weighted by Crippen LogP contribution is -2.24. The number of halogens is 1. The second kappa shape index (κ2) is 7.05. The molecule has 0 saturated carbocycles. The minimum atomic E-state index is -0.634. The summed E-state index contributed by atoms with van der Waals surface area (Å²) in [5, 5.41) is 9.98. The van der Waals surface area contributed by atoms with Crippen LogP contribution in [0.5, 0.6) is 5.75 Å². The number of ether oxygens (including phenoxy) is 1. The van der Waals surface area contributed by atoms with E-state index in [1.54, 1.807) is 18.3 Å². The van der Waals surface area contributed by atoms with Gasteiger partial charge in [-0.05, 0) is 30.7 Å². The molecule has 0 spiro atoms. The fourth-order valence-electron chi connectivity index (χ4n) is 1.96. The van der Waals surface area contributed by atoms with E-state index in [0.717, 1.165) is 18.7 Å². The Bertz CT molecular complexity index is 525. The van der Waals surface area contributed by atoms with Crippen LogP contribution < -0.4 is 4.74 Å². The first-order valence-corrected chi connectivity index (χ1v) is 6.75. The summed E-state index contributed by atoms with van der Waals surface area (Å²) in [6.45, 7) is 2.69.